The maximum atomic E-state index is 11.9. The van der Waals surface area contributed by atoms with E-state index in [1.807, 2.05) is 24.3 Å². The Morgan fingerprint density at radius 1 is 1.14 bits per heavy atom. The number of hydrogen-bond donors (Lipinski definition) is 3. The van der Waals surface area contributed by atoms with E-state index >= 15 is 0 Å². The van der Waals surface area contributed by atoms with E-state index in [-0.39, 0.29) is 12.6 Å². The van der Waals surface area contributed by atoms with Crippen LogP contribution in [0.25, 0.3) is 0 Å². The highest BCUT2D eigenvalue weighted by Crippen LogP contribution is 2.13. The van der Waals surface area contributed by atoms with Gasteiger partial charge in [-0.15, -0.1) is 0 Å². The van der Waals surface area contributed by atoms with Gasteiger partial charge in [0.1, 0.15) is 0 Å². The van der Waals surface area contributed by atoms with Crippen molar-refractivity contribution in [2.45, 2.75) is 18.0 Å². The summed E-state index contributed by atoms with van der Waals surface area (Å²) in [7, 11) is -1.09. The molecule has 0 saturated carbocycles. The van der Waals surface area contributed by atoms with Crippen molar-refractivity contribution in [1.29, 1.82) is 0 Å². The predicted molar refractivity (Wildman–Crippen MR) is 87.0 cm³/mol. The molecule has 0 aromatic heterocycles. The van der Waals surface area contributed by atoms with Gasteiger partial charge < -0.3 is 15.7 Å². The first-order valence-corrected chi connectivity index (χ1v) is 8.32. The molecule has 0 heterocycles. The third-order valence-corrected chi connectivity index (χ3v) is 4.07. The second-order valence-corrected chi connectivity index (χ2v) is 6.10. The van der Waals surface area contributed by atoms with E-state index in [0.717, 1.165) is 11.1 Å². The van der Waals surface area contributed by atoms with Crippen LogP contribution in [-0.2, 0) is 24.0 Å². The SMILES string of the molecule is CS(=O)c1cccc(NC(=O)NCc2ccccc2CO)c1. The summed E-state index contributed by atoms with van der Waals surface area (Å²) in [4.78, 5) is 12.6. The summed E-state index contributed by atoms with van der Waals surface area (Å²) in [6.45, 7) is 0.256. The number of carbonyl (C=O) groups excluding carboxylic acids is 1. The number of nitrogens with one attached hydrogen (secondary N) is 2. The molecule has 0 bridgehead atoms. The van der Waals surface area contributed by atoms with Crippen LogP contribution in [0.2, 0.25) is 0 Å². The second-order valence-electron chi connectivity index (χ2n) is 4.72. The number of benzene rings is 2. The first-order chi connectivity index (χ1) is 10.6. The lowest BCUT2D eigenvalue weighted by Gasteiger charge is -2.10. The quantitative estimate of drug-likeness (QED) is 0.791. The molecular formula is C16H18N2O3S. The topological polar surface area (TPSA) is 78.4 Å². The van der Waals surface area contributed by atoms with Crippen LogP contribution < -0.4 is 10.6 Å². The number of hydrogen-bond acceptors (Lipinski definition) is 3. The Hall–Kier alpha value is -2.18. The molecule has 1 unspecified atom stereocenters. The summed E-state index contributed by atoms with van der Waals surface area (Å²) in [6.07, 6.45) is 1.59. The molecule has 0 saturated heterocycles. The third kappa shape index (κ3) is 4.41. The van der Waals surface area contributed by atoms with E-state index in [4.69, 9.17) is 0 Å². The highest BCUT2D eigenvalue weighted by atomic mass is 32.2. The van der Waals surface area contributed by atoms with E-state index in [9.17, 15) is 14.1 Å². The van der Waals surface area contributed by atoms with Gasteiger partial charge in [-0.05, 0) is 29.3 Å². The molecule has 3 N–H and O–H groups in total. The van der Waals surface area contributed by atoms with Gasteiger partial charge >= 0.3 is 6.03 Å². The number of anilines is 1. The first-order valence-electron chi connectivity index (χ1n) is 6.76. The highest BCUT2D eigenvalue weighted by Gasteiger charge is 2.05. The lowest BCUT2D eigenvalue weighted by atomic mass is 10.1. The molecule has 5 nitrogen and oxygen atoms in total. The van der Waals surface area contributed by atoms with Crippen molar-refractivity contribution in [1.82, 2.24) is 5.32 Å². The first kappa shape index (κ1) is 16.2. The molecule has 6 heteroatoms. The number of urea groups is 1. The zero-order valence-electron chi connectivity index (χ0n) is 12.2. The molecule has 2 aromatic carbocycles. The van der Waals surface area contributed by atoms with Gasteiger partial charge in [0.25, 0.3) is 0 Å². The van der Waals surface area contributed by atoms with Crippen molar-refractivity contribution in [2.24, 2.45) is 0 Å². The lowest BCUT2D eigenvalue weighted by Crippen LogP contribution is -2.28. The summed E-state index contributed by atoms with van der Waals surface area (Å²) in [6, 6.07) is 13.9. The molecule has 0 aliphatic rings. The number of aliphatic hydroxyl groups excluding tert-OH is 1. The second kappa shape index (κ2) is 7.72. The van der Waals surface area contributed by atoms with Crippen molar-refractivity contribution < 1.29 is 14.1 Å². The molecule has 0 spiro atoms. The molecule has 2 amide bonds. The van der Waals surface area contributed by atoms with Crippen molar-refractivity contribution >= 4 is 22.5 Å². The zero-order valence-corrected chi connectivity index (χ0v) is 13.0. The molecule has 0 fully saturated rings. The van der Waals surface area contributed by atoms with Crippen LogP contribution in [0, 0.1) is 0 Å². The summed E-state index contributed by atoms with van der Waals surface area (Å²) in [5.74, 6) is 0. The van der Waals surface area contributed by atoms with Gasteiger partial charge in [-0.3, -0.25) is 4.21 Å². The number of amides is 2. The number of carbonyl (C=O) groups is 1. The molecule has 0 aliphatic heterocycles. The molecule has 116 valence electrons. The van der Waals surface area contributed by atoms with E-state index in [1.165, 1.54) is 0 Å². The predicted octanol–water partition coefficient (Wildman–Crippen LogP) is 2.24. The van der Waals surface area contributed by atoms with Crippen molar-refractivity contribution in [3.8, 4) is 0 Å². The summed E-state index contributed by atoms with van der Waals surface area (Å²) in [5, 5.41) is 14.7. The van der Waals surface area contributed by atoms with Crippen molar-refractivity contribution in [2.75, 3.05) is 11.6 Å². The Morgan fingerprint density at radius 2 is 1.86 bits per heavy atom. The van der Waals surface area contributed by atoms with Crippen LogP contribution in [0.4, 0.5) is 10.5 Å². The smallest absolute Gasteiger partial charge is 0.319 e. The van der Waals surface area contributed by atoms with E-state index in [2.05, 4.69) is 10.6 Å². The Bertz CT molecular complexity index is 689. The van der Waals surface area contributed by atoms with Gasteiger partial charge in [0.2, 0.25) is 0 Å². The summed E-state index contributed by atoms with van der Waals surface area (Å²) in [5.41, 5.74) is 2.23. The average Bonchev–Trinajstić information content (AvgIpc) is 2.53. The largest absolute Gasteiger partial charge is 0.392 e. The minimum Gasteiger partial charge on any atom is -0.392 e. The Morgan fingerprint density at radius 3 is 2.55 bits per heavy atom. The van der Waals surface area contributed by atoms with E-state index in [1.54, 1.807) is 30.5 Å². The fraction of sp³-hybridized carbons (Fsp3) is 0.188. The minimum atomic E-state index is -1.09. The van der Waals surface area contributed by atoms with Gasteiger partial charge in [-0.2, -0.15) is 0 Å². The zero-order chi connectivity index (χ0) is 15.9. The van der Waals surface area contributed by atoms with Crippen LogP contribution in [0.3, 0.4) is 0 Å². The normalized spacial score (nSPS) is 11.7. The van der Waals surface area contributed by atoms with E-state index < -0.39 is 10.8 Å². The fourth-order valence-corrected chi connectivity index (χ4v) is 2.55. The highest BCUT2D eigenvalue weighted by molar-refractivity contribution is 7.84. The van der Waals surface area contributed by atoms with Gasteiger partial charge in [-0.25, -0.2) is 4.79 Å². The summed E-state index contributed by atoms with van der Waals surface area (Å²) >= 11 is 0. The van der Waals surface area contributed by atoms with E-state index in [0.29, 0.717) is 17.1 Å². The standard InChI is InChI=1S/C16H18N2O3S/c1-22(21)15-8-4-7-14(9-15)18-16(20)17-10-12-5-2-3-6-13(12)11-19/h2-9,19H,10-11H2,1H3,(H2,17,18,20). The summed E-state index contributed by atoms with van der Waals surface area (Å²) < 4.78 is 11.4. The van der Waals surface area contributed by atoms with Gasteiger partial charge in [-0.1, -0.05) is 30.3 Å². The molecule has 0 radical (unpaired) electrons. The minimum absolute atomic E-state index is 0.0656. The van der Waals surface area contributed by atoms with Crippen molar-refractivity contribution in [3.63, 3.8) is 0 Å². The Kier molecular flexibility index (Phi) is 5.68. The van der Waals surface area contributed by atoms with Crippen LogP contribution in [0.1, 0.15) is 11.1 Å². The van der Waals surface area contributed by atoms with Crippen LogP contribution in [0.15, 0.2) is 53.4 Å². The molecule has 22 heavy (non-hydrogen) atoms. The number of rotatable bonds is 5. The number of aliphatic hydroxyl groups is 1. The monoisotopic (exact) mass is 318 g/mol. The Labute approximate surface area is 131 Å². The lowest BCUT2D eigenvalue weighted by molar-refractivity contribution is 0.251. The van der Waals surface area contributed by atoms with Crippen LogP contribution >= 0.6 is 0 Å². The maximum Gasteiger partial charge on any atom is 0.319 e. The molecule has 0 aliphatic carbocycles. The Balaban J connectivity index is 1.96. The molecule has 1 atom stereocenters. The maximum absolute atomic E-state index is 11.9. The third-order valence-electron chi connectivity index (χ3n) is 3.15. The fourth-order valence-electron chi connectivity index (χ4n) is 1.99. The van der Waals surface area contributed by atoms with Gasteiger partial charge in [0.15, 0.2) is 0 Å². The molecule has 2 rings (SSSR count). The van der Waals surface area contributed by atoms with Crippen molar-refractivity contribution in [3.05, 3.63) is 59.7 Å². The van der Waals surface area contributed by atoms with Crippen LogP contribution in [0.5, 0.6) is 0 Å². The van der Waals surface area contributed by atoms with Gasteiger partial charge in [0, 0.05) is 34.2 Å². The average molecular weight is 318 g/mol. The molecular weight excluding hydrogens is 300 g/mol. The van der Waals surface area contributed by atoms with Gasteiger partial charge in [0.05, 0.1) is 6.61 Å². The van der Waals surface area contributed by atoms with Crippen LogP contribution in [-0.4, -0.2) is 21.6 Å². The molecule has 2 aromatic rings.